The lowest BCUT2D eigenvalue weighted by Gasteiger charge is -2.39. The zero-order valence-electron chi connectivity index (χ0n) is 20.1. The third-order valence-corrected chi connectivity index (χ3v) is 6.67. The Balaban J connectivity index is 1.17. The molecule has 0 saturated carbocycles. The Morgan fingerprint density at radius 3 is 2.19 bits per heavy atom. The molecule has 1 saturated heterocycles. The van der Waals surface area contributed by atoms with Crippen LogP contribution in [0.25, 0.3) is 0 Å². The highest BCUT2D eigenvalue weighted by Crippen LogP contribution is 2.30. The monoisotopic (exact) mass is 510 g/mol. The summed E-state index contributed by atoms with van der Waals surface area (Å²) in [6, 6.07) is 18.8. The van der Waals surface area contributed by atoms with Crippen molar-refractivity contribution in [3.05, 3.63) is 82.9 Å². The predicted molar refractivity (Wildman–Crippen MR) is 137 cm³/mol. The van der Waals surface area contributed by atoms with Crippen LogP contribution in [0, 0.1) is 0 Å². The van der Waals surface area contributed by atoms with Gasteiger partial charge in [0, 0.05) is 63.0 Å². The molecule has 1 unspecified atom stereocenters. The molecule has 2 aliphatic rings. The van der Waals surface area contributed by atoms with E-state index < -0.39 is 0 Å². The molecule has 0 aromatic heterocycles. The summed E-state index contributed by atoms with van der Waals surface area (Å²) in [5.74, 6) is -0.969. The molecule has 0 bridgehead atoms. The standard InChI is InChI=1S/C27H31ClN4O4/c28-23-8-6-22(7-9-23)27(21-4-2-1-3-5-21)31-16-14-30(15-17-31)18-19-36-20-24(33)29-12-13-32-25(34)10-11-26(32)35/h1-11,27H,12-20H2,(H,29,33). The maximum Gasteiger partial charge on any atom is 0.253 e. The van der Waals surface area contributed by atoms with Gasteiger partial charge in [-0.2, -0.15) is 0 Å². The number of hydrogen-bond donors (Lipinski definition) is 1. The molecule has 4 rings (SSSR count). The second-order valence-electron chi connectivity index (χ2n) is 8.81. The number of hydrogen-bond acceptors (Lipinski definition) is 6. The molecule has 8 nitrogen and oxygen atoms in total. The molecule has 1 fully saturated rings. The summed E-state index contributed by atoms with van der Waals surface area (Å²) < 4.78 is 5.55. The Morgan fingerprint density at radius 2 is 1.53 bits per heavy atom. The summed E-state index contributed by atoms with van der Waals surface area (Å²) in [7, 11) is 0. The number of carbonyl (C=O) groups is 3. The highest BCUT2D eigenvalue weighted by Gasteiger charge is 2.26. The lowest BCUT2D eigenvalue weighted by Crippen LogP contribution is -2.48. The number of amides is 3. The van der Waals surface area contributed by atoms with Crippen molar-refractivity contribution < 1.29 is 19.1 Å². The van der Waals surface area contributed by atoms with Crippen LogP contribution in [-0.2, 0) is 19.1 Å². The van der Waals surface area contributed by atoms with Crippen molar-refractivity contribution in [1.29, 1.82) is 0 Å². The number of nitrogens with one attached hydrogen (secondary N) is 1. The van der Waals surface area contributed by atoms with Crippen molar-refractivity contribution in [2.24, 2.45) is 0 Å². The number of ether oxygens (including phenoxy) is 1. The van der Waals surface area contributed by atoms with Crippen LogP contribution in [0.3, 0.4) is 0 Å². The normalized spacial score (nSPS) is 17.5. The summed E-state index contributed by atoms with van der Waals surface area (Å²) in [5, 5.41) is 3.41. The van der Waals surface area contributed by atoms with Crippen LogP contribution >= 0.6 is 11.6 Å². The highest BCUT2D eigenvalue weighted by molar-refractivity contribution is 6.30. The first kappa shape index (κ1) is 26.0. The highest BCUT2D eigenvalue weighted by atomic mass is 35.5. The van der Waals surface area contributed by atoms with Crippen molar-refractivity contribution >= 4 is 29.3 Å². The van der Waals surface area contributed by atoms with Gasteiger partial charge in [-0.05, 0) is 23.3 Å². The summed E-state index contributed by atoms with van der Waals surface area (Å²) >= 11 is 6.12. The van der Waals surface area contributed by atoms with E-state index in [9.17, 15) is 14.4 Å². The van der Waals surface area contributed by atoms with Crippen LogP contribution in [-0.4, -0.2) is 91.4 Å². The molecule has 2 heterocycles. The maximum atomic E-state index is 12.0. The molecular formula is C27H31ClN4O4. The van der Waals surface area contributed by atoms with E-state index in [1.807, 2.05) is 18.2 Å². The molecule has 9 heteroatoms. The second-order valence-corrected chi connectivity index (χ2v) is 9.24. The lowest BCUT2D eigenvalue weighted by atomic mass is 9.96. The van der Waals surface area contributed by atoms with Gasteiger partial charge in [0.05, 0.1) is 12.6 Å². The fourth-order valence-electron chi connectivity index (χ4n) is 4.51. The summed E-state index contributed by atoms with van der Waals surface area (Å²) in [4.78, 5) is 40.9. The molecule has 2 aliphatic heterocycles. The number of rotatable bonds is 11. The molecule has 1 N–H and O–H groups in total. The predicted octanol–water partition coefficient (Wildman–Crippen LogP) is 2.10. The summed E-state index contributed by atoms with van der Waals surface area (Å²) in [5.41, 5.74) is 2.49. The number of benzene rings is 2. The molecule has 0 spiro atoms. The molecule has 0 aliphatic carbocycles. The first-order chi connectivity index (χ1) is 17.5. The zero-order valence-corrected chi connectivity index (χ0v) is 20.9. The number of imide groups is 1. The van der Waals surface area contributed by atoms with E-state index in [-0.39, 0.29) is 43.5 Å². The Bertz CT molecular complexity index is 1050. The van der Waals surface area contributed by atoms with E-state index in [0.717, 1.165) is 42.6 Å². The molecule has 2 aromatic rings. The van der Waals surface area contributed by atoms with E-state index in [1.54, 1.807) is 0 Å². The minimum atomic E-state index is -0.353. The quantitative estimate of drug-likeness (QED) is 0.368. The third-order valence-electron chi connectivity index (χ3n) is 6.42. The Kier molecular flexibility index (Phi) is 9.24. The van der Waals surface area contributed by atoms with Crippen LogP contribution in [0.1, 0.15) is 17.2 Å². The minimum Gasteiger partial charge on any atom is -0.370 e. The third kappa shape index (κ3) is 7.01. The van der Waals surface area contributed by atoms with E-state index in [4.69, 9.17) is 16.3 Å². The first-order valence-corrected chi connectivity index (χ1v) is 12.5. The molecular weight excluding hydrogens is 480 g/mol. The van der Waals surface area contributed by atoms with Crippen LogP contribution in [0.2, 0.25) is 5.02 Å². The van der Waals surface area contributed by atoms with E-state index in [0.29, 0.717) is 6.61 Å². The molecule has 190 valence electrons. The topological polar surface area (TPSA) is 82.2 Å². The average Bonchev–Trinajstić information content (AvgIpc) is 3.22. The van der Waals surface area contributed by atoms with E-state index in [1.165, 1.54) is 23.3 Å². The van der Waals surface area contributed by atoms with Gasteiger partial charge in [0.15, 0.2) is 0 Å². The fraction of sp³-hybridized carbons (Fsp3) is 0.370. The largest absolute Gasteiger partial charge is 0.370 e. The first-order valence-electron chi connectivity index (χ1n) is 12.2. The summed E-state index contributed by atoms with van der Waals surface area (Å²) in [6.45, 7) is 5.20. The van der Waals surface area contributed by atoms with Gasteiger partial charge in [-0.25, -0.2) is 0 Å². The van der Waals surface area contributed by atoms with Gasteiger partial charge >= 0.3 is 0 Å². The smallest absolute Gasteiger partial charge is 0.253 e. The number of piperazine rings is 1. The Morgan fingerprint density at radius 1 is 0.889 bits per heavy atom. The molecule has 2 aromatic carbocycles. The average molecular weight is 511 g/mol. The molecule has 0 radical (unpaired) electrons. The van der Waals surface area contributed by atoms with Gasteiger partial charge in [-0.1, -0.05) is 54.1 Å². The van der Waals surface area contributed by atoms with Crippen molar-refractivity contribution in [1.82, 2.24) is 20.0 Å². The Hall–Kier alpha value is -3.04. The zero-order chi connectivity index (χ0) is 25.3. The fourth-order valence-corrected chi connectivity index (χ4v) is 4.63. The van der Waals surface area contributed by atoms with E-state index >= 15 is 0 Å². The van der Waals surface area contributed by atoms with Crippen LogP contribution < -0.4 is 5.32 Å². The number of carbonyl (C=O) groups excluding carboxylic acids is 3. The van der Waals surface area contributed by atoms with Gasteiger partial charge in [-0.3, -0.25) is 29.1 Å². The Labute approximate surface area is 216 Å². The van der Waals surface area contributed by atoms with Crippen molar-refractivity contribution in [3.63, 3.8) is 0 Å². The van der Waals surface area contributed by atoms with Crippen molar-refractivity contribution in [2.45, 2.75) is 6.04 Å². The van der Waals surface area contributed by atoms with Gasteiger partial charge in [-0.15, -0.1) is 0 Å². The van der Waals surface area contributed by atoms with Crippen LogP contribution in [0.5, 0.6) is 0 Å². The number of halogens is 1. The van der Waals surface area contributed by atoms with Gasteiger partial charge in [0.1, 0.15) is 6.61 Å². The lowest BCUT2D eigenvalue weighted by molar-refractivity contribution is -0.137. The molecule has 36 heavy (non-hydrogen) atoms. The maximum absolute atomic E-state index is 12.0. The van der Waals surface area contributed by atoms with Gasteiger partial charge in [0.25, 0.3) is 11.8 Å². The SMILES string of the molecule is O=C(COCCN1CCN(C(c2ccccc2)c2ccc(Cl)cc2)CC1)NCCN1C(=O)C=CC1=O. The van der Waals surface area contributed by atoms with Gasteiger partial charge < -0.3 is 10.1 Å². The molecule has 1 atom stereocenters. The van der Waals surface area contributed by atoms with E-state index in [2.05, 4.69) is 51.5 Å². The molecule has 3 amide bonds. The number of nitrogens with zero attached hydrogens (tertiary/aromatic N) is 3. The van der Waals surface area contributed by atoms with Crippen molar-refractivity contribution in [3.8, 4) is 0 Å². The second kappa shape index (κ2) is 12.8. The van der Waals surface area contributed by atoms with Crippen molar-refractivity contribution in [2.75, 3.05) is 59.0 Å². The minimum absolute atomic E-state index is 0.0489. The summed E-state index contributed by atoms with van der Waals surface area (Å²) in [6.07, 6.45) is 2.46. The van der Waals surface area contributed by atoms with Crippen LogP contribution in [0.4, 0.5) is 0 Å². The van der Waals surface area contributed by atoms with Gasteiger partial charge in [0.2, 0.25) is 5.91 Å². The van der Waals surface area contributed by atoms with Crippen LogP contribution in [0.15, 0.2) is 66.7 Å².